The number of halogens is 2. The zero-order valence-electron chi connectivity index (χ0n) is 22.6. The standard InChI is InChI=1S/C29H38F2N2O5S/c1-3-33-19-17-29(18-20-33,27(34)32-38-26-6-4-5-21-37-26)39(35,36)25-13-11-24(12-14-25)23-9-7-22(8-10-23)15-16-28(2,30)31/h7-14,26H,3-6,15-21H2,1-2H3,(H,32,34). The zero-order valence-corrected chi connectivity index (χ0v) is 23.4. The molecule has 2 aliphatic heterocycles. The van der Waals surface area contributed by atoms with E-state index in [1.54, 1.807) is 12.1 Å². The summed E-state index contributed by atoms with van der Waals surface area (Å²) in [5.74, 6) is -3.37. The van der Waals surface area contributed by atoms with E-state index in [1.165, 1.54) is 12.1 Å². The highest BCUT2D eigenvalue weighted by Gasteiger charge is 2.53. The van der Waals surface area contributed by atoms with Crippen LogP contribution in [0.3, 0.4) is 0 Å². The fraction of sp³-hybridized carbons (Fsp3) is 0.552. The average molecular weight is 565 g/mol. The number of nitrogens with zero attached hydrogens (tertiary/aromatic N) is 1. The number of hydrogen-bond acceptors (Lipinski definition) is 6. The molecule has 214 valence electrons. The van der Waals surface area contributed by atoms with Gasteiger partial charge in [0, 0.05) is 32.5 Å². The molecule has 39 heavy (non-hydrogen) atoms. The van der Waals surface area contributed by atoms with Crippen LogP contribution in [0.2, 0.25) is 0 Å². The summed E-state index contributed by atoms with van der Waals surface area (Å²) in [4.78, 5) is 21.2. The van der Waals surface area contributed by atoms with Gasteiger partial charge in [-0.15, -0.1) is 0 Å². The Bertz CT molecular complexity index is 1200. The van der Waals surface area contributed by atoms with Crippen molar-refractivity contribution in [3.63, 3.8) is 0 Å². The minimum Gasteiger partial charge on any atom is -0.350 e. The maximum Gasteiger partial charge on any atom is 0.265 e. The highest BCUT2D eigenvalue weighted by atomic mass is 32.2. The molecule has 2 saturated heterocycles. The molecule has 0 bridgehead atoms. The third-order valence-corrected chi connectivity index (χ3v) is 10.3. The van der Waals surface area contributed by atoms with E-state index >= 15 is 0 Å². The van der Waals surface area contributed by atoms with Gasteiger partial charge in [0.25, 0.3) is 5.91 Å². The largest absolute Gasteiger partial charge is 0.350 e. The Labute approximate surface area is 229 Å². The number of hydroxylamine groups is 1. The van der Waals surface area contributed by atoms with Crippen molar-refractivity contribution in [2.75, 3.05) is 26.2 Å². The normalized spacial score (nSPS) is 20.5. The molecule has 1 N–H and O–H groups in total. The van der Waals surface area contributed by atoms with Crippen molar-refractivity contribution in [2.24, 2.45) is 0 Å². The second-order valence-electron chi connectivity index (χ2n) is 10.6. The van der Waals surface area contributed by atoms with E-state index in [2.05, 4.69) is 10.4 Å². The van der Waals surface area contributed by atoms with Crippen LogP contribution in [0.15, 0.2) is 53.4 Å². The number of ether oxygens (including phenoxy) is 1. The number of nitrogens with one attached hydrogen (secondary N) is 1. The van der Waals surface area contributed by atoms with Gasteiger partial charge in [-0.2, -0.15) is 0 Å². The maximum absolute atomic E-state index is 14.0. The fourth-order valence-electron chi connectivity index (χ4n) is 5.14. The predicted molar refractivity (Wildman–Crippen MR) is 145 cm³/mol. The highest BCUT2D eigenvalue weighted by molar-refractivity contribution is 7.93. The predicted octanol–water partition coefficient (Wildman–Crippen LogP) is 5.14. The van der Waals surface area contributed by atoms with Crippen molar-refractivity contribution in [1.29, 1.82) is 0 Å². The summed E-state index contributed by atoms with van der Waals surface area (Å²) in [7, 11) is -4.07. The molecule has 4 rings (SSSR count). The minimum atomic E-state index is -4.07. The zero-order chi connectivity index (χ0) is 28.1. The summed E-state index contributed by atoms with van der Waals surface area (Å²) in [5.41, 5.74) is 4.87. The van der Waals surface area contributed by atoms with Crippen molar-refractivity contribution >= 4 is 15.7 Å². The number of alkyl halides is 2. The van der Waals surface area contributed by atoms with Gasteiger partial charge < -0.3 is 9.64 Å². The molecular formula is C29H38F2N2O5S. The molecule has 2 fully saturated rings. The number of carbonyl (C=O) groups excluding carboxylic acids is 1. The second-order valence-corrected chi connectivity index (χ2v) is 12.8. The van der Waals surface area contributed by atoms with Gasteiger partial charge >= 0.3 is 0 Å². The van der Waals surface area contributed by atoms with E-state index in [1.807, 2.05) is 31.2 Å². The molecule has 0 saturated carbocycles. The van der Waals surface area contributed by atoms with E-state index in [0.29, 0.717) is 26.1 Å². The van der Waals surface area contributed by atoms with Crippen LogP contribution < -0.4 is 5.48 Å². The number of likely N-dealkylation sites (tertiary alicyclic amines) is 1. The summed E-state index contributed by atoms with van der Waals surface area (Å²) < 4.78 is 58.2. The average Bonchev–Trinajstić information content (AvgIpc) is 2.95. The van der Waals surface area contributed by atoms with Gasteiger partial charge in [0.05, 0.1) is 4.90 Å². The lowest BCUT2D eigenvalue weighted by atomic mass is 9.95. The lowest BCUT2D eigenvalue weighted by molar-refractivity contribution is -0.202. The molecule has 2 aromatic carbocycles. The van der Waals surface area contributed by atoms with Gasteiger partial charge in [-0.3, -0.25) is 4.79 Å². The molecule has 1 unspecified atom stereocenters. The summed E-state index contributed by atoms with van der Waals surface area (Å²) in [6.07, 6.45) is 2.27. The molecule has 7 nitrogen and oxygen atoms in total. The van der Waals surface area contributed by atoms with Crippen molar-refractivity contribution in [2.45, 2.75) is 80.6 Å². The molecular weight excluding hydrogens is 526 g/mol. The summed E-state index contributed by atoms with van der Waals surface area (Å²) in [5, 5.41) is 0. The monoisotopic (exact) mass is 564 g/mol. The number of sulfone groups is 1. The lowest BCUT2D eigenvalue weighted by Crippen LogP contribution is -2.58. The Hall–Kier alpha value is -2.40. The number of carbonyl (C=O) groups is 1. The Balaban J connectivity index is 1.52. The Morgan fingerprint density at radius 2 is 1.69 bits per heavy atom. The van der Waals surface area contributed by atoms with Crippen molar-refractivity contribution in [3.05, 3.63) is 54.1 Å². The topological polar surface area (TPSA) is 84.9 Å². The number of benzene rings is 2. The SMILES string of the molecule is CCN1CCC(C(=O)NOC2CCCCO2)(S(=O)(=O)c2ccc(-c3ccc(CCC(C)(F)F)cc3)cc2)CC1. The van der Waals surface area contributed by atoms with Gasteiger partial charge in [-0.25, -0.2) is 27.5 Å². The smallest absolute Gasteiger partial charge is 0.265 e. The van der Waals surface area contributed by atoms with Gasteiger partial charge in [0.1, 0.15) is 0 Å². The third-order valence-electron chi connectivity index (χ3n) is 7.76. The summed E-state index contributed by atoms with van der Waals surface area (Å²) in [6.45, 7) is 5.21. The second kappa shape index (κ2) is 12.4. The number of amides is 1. The molecule has 1 amide bonds. The molecule has 2 aromatic rings. The van der Waals surface area contributed by atoms with Crippen LogP contribution in [0.25, 0.3) is 11.1 Å². The fourth-order valence-corrected chi connectivity index (χ4v) is 7.10. The van der Waals surface area contributed by atoms with E-state index < -0.39 is 32.7 Å². The quantitative estimate of drug-likeness (QED) is 0.402. The van der Waals surface area contributed by atoms with Gasteiger partial charge in [-0.05, 0) is 74.4 Å². The van der Waals surface area contributed by atoms with Gasteiger partial charge in [-0.1, -0.05) is 43.3 Å². The third kappa shape index (κ3) is 7.03. The highest BCUT2D eigenvalue weighted by Crippen LogP contribution is 2.37. The maximum atomic E-state index is 14.0. The van der Waals surface area contributed by atoms with Crippen LogP contribution in [-0.4, -0.2) is 62.4 Å². The molecule has 2 heterocycles. The van der Waals surface area contributed by atoms with Gasteiger partial charge in [0.15, 0.2) is 20.9 Å². The first-order valence-corrected chi connectivity index (χ1v) is 15.1. The first-order chi connectivity index (χ1) is 18.5. The van der Waals surface area contributed by atoms with E-state index in [0.717, 1.165) is 43.0 Å². The van der Waals surface area contributed by atoms with Crippen LogP contribution in [0.1, 0.15) is 57.9 Å². The molecule has 1 atom stereocenters. The number of rotatable bonds is 10. The molecule has 0 spiro atoms. The van der Waals surface area contributed by atoms with Gasteiger partial charge in [0.2, 0.25) is 5.92 Å². The van der Waals surface area contributed by atoms with Crippen LogP contribution in [0.4, 0.5) is 8.78 Å². The molecule has 2 aliphatic rings. The molecule has 10 heteroatoms. The van der Waals surface area contributed by atoms with Crippen LogP contribution in [-0.2, 0) is 30.6 Å². The number of aryl methyl sites for hydroxylation is 1. The molecule has 0 aliphatic carbocycles. The Kier molecular flexibility index (Phi) is 9.41. The Morgan fingerprint density at radius 1 is 1.08 bits per heavy atom. The minimum absolute atomic E-state index is 0.0714. The van der Waals surface area contributed by atoms with Crippen molar-refractivity contribution in [3.8, 4) is 11.1 Å². The van der Waals surface area contributed by atoms with Crippen LogP contribution in [0.5, 0.6) is 0 Å². The summed E-state index contributed by atoms with van der Waals surface area (Å²) >= 11 is 0. The van der Waals surface area contributed by atoms with Crippen molar-refractivity contribution in [1.82, 2.24) is 10.4 Å². The van der Waals surface area contributed by atoms with Crippen LogP contribution in [0, 0.1) is 0 Å². The van der Waals surface area contributed by atoms with E-state index in [4.69, 9.17) is 9.57 Å². The Morgan fingerprint density at radius 3 is 2.23 bits per heavy atom. The first kappa shape index (κ1) is 29.6. The number of piperidine rings is 1. The molecule has 0 radical (unpaired) electrons. The molecule has 0 aromatic heterocycles. The number of hydrogen-bond donors (Lipinski definition) is 1. The van der Waals surface area contributed by atoms with E-state index in [-0.39, 0.29) is 30.6 Å². The first-order valence-electron chi connectivity index (χ1n) is 13.7. The lowest BCUT2D eigenvalue weighted by Gasteiger charge is -2.39. The summed E-state index contributed by atoms with van der Waals surface area (Å²) in [6, 6.07) is 13.8. The van der Waals surface area contributed by atoms with Crippen molar-refractivity contribution < 1.29 is 31.6 Å². The van der Waals surface area contributed by atoms with E-state index in [9.17, 15) is 22.0 Å². The van der Waals surface area contributed by atoms with Crippen LogP contribution >= 0.6 is 0 Å².